The van der Waals surface area contributed by atoms with Crippen LogP contribution in [0.4, 0.5) is 4.39 Å². The smallest absolute Gasteiger partial charge is 0.321 e. The predicted molar refractivity (Wildman–Crippen MR) is 69.2 cm³/mol. The van der Waals surface area contributed by atoms with Gasteiger partial charge in [0, 0.05) is 25.1 Å². The van der Waals surface area contributed by atoms with E-state index in [2.05, 4.69) is 0 Å². The van der Waals surface area contributed by atoms with Crippen molar-refractivity contribution in [3.05, 3.63) is 35.6 Å². The maximum atomic E-state index is 12.8. The van der Waals surface area contributed by atoms with Crippen LogP contribution in [0.15, 0.2) is 24.3 Å². The maximum absolute atomic E-state index is 12.8. The molecule has 5 nitrogen and oxygen atoms in total. The fourth-order valence-electron chi connectivity index (χ4n) is 2.19. The third-order valence-corrected chi connectivity index (χ3v) is 3.32. The lowest BCUT2D eigenvalue weighted by atomic mass is 10.0. The number of carboxylic acids is 1. The van der Waals surface area contributed by atoms with Crippen LogP contribution in [0.3, 0.4) is 0 Å². The third kappa shape index (κ3) is 3.61. The second-order valence-electron chi connectivity index (χ2n) is 4.64. The van der Waals surface area contributed by atoms with E-state index in [4.69, 9.17) is 4.74 Å². The summed E-state index contributed by atoms with van der Waals surface area (Å²) in [6, 6.07) is 4.26. The molecule has 0 unspecified atom stereocenters. The molecule has 1 atom stereocenters. The van der Waals surface area contributed by atoms with Crippen LogP contribution >= 0.6 is 0 Å². The highest BCUT2D eigenvalue weighted by Crippen LogP contribution is 2.13. The number of nitrogens with zero attached hydrogens (tertiary/aromatic N) is 1. The van der Waals surface area contributed by atoms with E-state index in [0.29, 0.717) is 31.9 Å². The summed E-state index contributed by atoms with van der Waals surface area (Å²) in [5, 5.41) is 9.27. The van der Waals surface area contributed by atoms with Crippen LogP contribution in [0.5, 0.6) is 0 Å². The quantitative estimate of drug-likeness (QED) is 0.821. The number of ketones is 1. The third-order valence-electron chi connectivity index (χ3n) is 3.32. The molecular formula is C14H16FNO4. The van der Waals surface area contributed by atoms with E-state index in [1.165, 1.54) is 24.3 Å². The van der Waals surface area contributed by atoms with Crippen molar-refractivity contribution in [2.75, 3.05) is 26.3 Å². The van der Waals surface area contributed by atoms with E-state index in [1.807, 2.05) is 0 Å². The van der Waals surface area contributed by atoms with Gasteiger partial charge in [0.1, 0.15) is 11.9 Å². The van der Waals surface area contributed by atoms with Gasteiger partial charge in [0.25, 0.3) is 0 Å². The molecule has 0 aromatic heterocycles. The summed E-state index contributed by atoms with van der Waals surface area (Å²) in [6.45, 7) is 1.92. The van der Waals surface area contributed by atoms with Crippen molar-refractivity contribution in [2.24, 2.45) is 0 Å². The summed E-state index contributed by atoms with van der Waals surface area (Å²) in [7, 11) is 0. The van der Waals surface area contributed by atoms with Gasteiger partial charge in [-0.25, -0.2) is 4.39 Å². The Morgan fingerprint density at radius 2 is 1.85 bits per heavy atom. The number of carbonyl (C=O) groups excluding carboxylic acids is 1. The van der Waals surface area contributed by atoms with Crippen LogP contribution in [-0.4, -0.2) is 54.1 Å². The van der Waals surface area contributed by atoms with Crippen LogP contribution in [0.1, 0.15) is 16.8 Å². The molecule has 1 N–H and O–H groups in total. The van der Waals surface area contributed by atoms with Gasteiger partial charge < -0.3 is 9.84 Å². The molecular weight excluding hydrogens is 265 g/mol. The number of hydrogen-bond donors (Lipinski definition) is 1. The van der Waals surface area contributed by atoms with Crippen molar-refractivity contribution >= 4 is 11.8 Å². The maximum Gasteiger partial charge on any atom is 0.321 e. The number of morpholine rings is 1. The van der Waals surface area contributed by atoms with E-state index in [-0.39, 0.29) is 12.2 Å². The first-order chi connectivity index (χ1) is 9.58. The van der Waals surface area contributed by atoms with Gasteiger partial charge in [-0.1, -0.05) is 0 Å². The highest BCUT2D eigenvalue weighted by Gasteiger charge is 2.29. The SMILES string of the molecule is O=C(C[C@@H](C(=O)O)N1CCOCC1)c1ccc(F)cc1. The zero-order valence-corrected chi connectivity index (χ0v) is 10.9. The van der Waals surface area contributed by atoms with Crippen molar-refractivity contribution in [2.45, 2.75) is 12.5 Å². The number of carboxylic acid groups (broad SMARTS) is 1. The van der Waals surface area contributed by atoms with Gasteiger partial charge in [0.2, 0.25) is 0 Å². The predicted octanol–water partition coefficient (Wildman–Crippen LogP) is 1.18. The van der Waals surface area contributed by atoms with Gasteiger partial charge in [-0.3, -0.25) is 14.5 Å². The molecule has 2 rings (SSSR count). The molecule has 1 aromatic rings. The van der Waals surface area contributed by atoms with Crippen LogP contribution in [-0.2, 0) is 9.53 Å². The molecule has 20 heavy (non-hydrogen) atoms. The van der Waals surface area contributed by atoms with E-state index >= 15 is 0 Å². The Kier molecular flexibility index (Phi) is 4.81. The van der Waals surface area contributed by atoms with Gasteiger partial charge in [-0.05, 0) is 24.3 Å². The van der Waals surface area contributed by atoms with Gasteiger partial charge in [-0.2, -0.15) is 0 Å². The molecule has 0 radical (unpaired) electrons. The van der Waals surface area contributed by atoms with Gasteiger partial charge in [0.05, 0.1) is 13.2 Å². The summed E-state index contributed by atoms with van der Waals surface area (Å²) < 4.78 is 18.0. The second-order valence-corrected chi connectivity index (χ2v) is 4.64. The number of rotatable bonds is 5. The molecule has 108 valence electrons. The summed E-state index contributed by atoms with van der Waals surface area (Å²) in [4.78, 5) is 25.1. The topological polar surface area (TPSA) is 66.8 Å². The van der Waals surface area contributed by atoms with E-state index in [0.717, 1.165) is 0 Å². The number of ether oxygens (including phenoxy) is 1. The lowest BCUT2D eigenvalue weighted by Gasteiger charge is -2.31. The van der Waals surface area contributed by atoms with Crippen LogP contribution < -0.4 is 0 Å². The highest BCUT2D eigenvalue weighted by molar-refractivity contribution is 5.98. The first kappa shape index (κ1) is 14.6. The van der Waals surface area contributed by atoms with Crippen LogP contribution in [0, 0.1) is 5.82 Å². The lowest BCUT2D eigenvalue weighted by molar-refractivity contribution is -0.144. The molecule has 1 saturated heterocycles. The second kappa shape index (κ2) is 6.58. The number of hydrogen-bond acceptors (Lipinski definition) is 4. The molecule has 0 amide bonds. The van der Waals surface area contributed by atoms with E-state index in [1.54, 1.807) is 4.90 Å². The molecule has 0 saturated carbocycles. The van der Waals surface area contributed by atoms with Crippen molar-refractivity contribution < 1.29 is 23.8 Å². The average molecular weight is 281 g/mol. The Bertz CT molecular complexity index is 482. The first-order valence-corrected chi connectivity index (χ1v) is 6.41. The molecule has 1 aliphatic heterocycles. The summed E-state index contributed by atoms with van der Waals surface area (Å²) in [5.41, 5.74) is 0.325. The van der Waals surface area contributed by atoms with Gasteiger partial charge in [0.15, 0.2) is 5.78 Å². The Balaban J connectivity index is 2.05. The molecule has 1 fully saturated rings. The standard InChI is InChI=1S/C14H16FNO4/c15-11-3-1-10(2-4-11)13(17)9-12(14(18)19)16-5-7-20-8-6-16/h1-4,12H,5-9H2,(H,18,19)/t12-/m0/s1. The van der Waals surface area contributed by atoms with E-state index in [9.17, 15) is 19.1 Å². The molecule has 0 aliphatic carbocycles. The van der Waals surface area contributed by atoms with E-state index < -0.39 is 17.8 Å². The fraction of sp³-hybridized carbons (Fsp3) is 0.429. The summed E-state index contributed by atoms with van der Waals surface area (Å²) >= 11 is 0. The minimum Gasteiger partial charge on any atom is -0.480 e. The van der Waals surface area contributed by atoms with Crippen molar-refractivity contribution in [1.29, 1.82) is 0 Å². The first-order valence-electron chi connectivity index (χ1n) is 6.41. The fourth-order valence-corrected chi connectivity index (χ4v) is 2.19. The summed E-state index contributed by atoms with van der Waals surface area (Å²) in [6.07, 6.45) is -0.124. The number of benzene rings is 1. The summed E-state index contributed by atoms with van der Waals surface area (Å²) in [5.74, 6) is -1.75. The molecule has 1 heterocycles. The minimum absolute atomic E-state index is 0.124. The van der Waals surface area contributed by atoms with Gasteiger partial charge >= 0.3 is 5.97 Å². The lowest BCUT2D eigenvalue weighted by Crippen LogP contribution is -2.48. The number of aliphatic carboxylic acids is 1. The molecule has 0 spiro atoms. The van der Waals surface area contributed by atoms with Crippen LogP contribution in [0.25, 0.3) is 0 Å². The van der Waals surface area contributed by atoms with Crippen molar-refractivity contribution in [3.63, 3.8) is 0 Å². The molecule has 1 aliphatic rings. The number of carbonyl (C=O) groups is 2. The number of Topliss-reactive ketones (excluding diaryl/α,β-unsaturated/α-hetero) is 1. The van der Waals surface area contributed by atoms with Crippen molar-refractivity contribution in [3.8, 4) is 0 Å². The zero-order chi connectivity index (χ0) is 14.5. The largest absolute Gasteiger partial charge is 0.480 e. The molecule has 0 bridgehead atoms. The normalized spacial score (nSPS) is 17.6. The zero-order valence-electron chi connectivity index (χ0n) is 10.9. The van der Waals surface area contributed by atoms with Crippen molar-refractivity contribution in [1.82, 2.24) is 4.90 Å². The number of halogens is 1. The molecule has 1 aromatic carbocycles. The monoisotopic (exact) mass is 281 g/mol. The average Bonchev–Trinajstić information content (AvgIpc) is 2.46. The highest BCUT2D eigenvalue weighted by atomic mass is 19.1. The minimum atomic E-state index is -1.03. The Morgan fingerprint density at radius 1 is 1.25 bits per heavy atom. The van der Waals surface area contributed by atoms with Crippen LogP contribution in [0.2, 0.25) is 0 Å². The Labute approximate surface area is 116 Å². The Hall–Kier alpha value is -1.79. The Morgan fingerprint density at radius 3 is 2.40 bits per heavy atom. The van der Waals surface area contributed by atoms with Gasteiger partial charge in [-0.15, -0.1) is 0 Å². The molecule has 6 heteroatoms.